The van der Waals surface area contributed by atoms with Crippen molar-refractivity contribution >= 4 is 43.3 Å². The summed E-state index contributed by atoms with van der Waals surface area (Å²) in [6.07, 6.45) is 3.23. The Kier molecular flexibility index (Phi) is 4.95. The van der Waals surface area contributed by atoms with Crippen LogP contribution in [0.2, 0.25) is 0 Å². The van der Waals surface area contributed by atoms with Crippen LogP contribution >= 0.6 is 31.9 Å². The summed E-state index contributed by atoms with van der Waals surface area (Å²) < 4.78 is 1.95. The summed E-state index contributed by atoms with van der Waals surface area (Å²) in [7, 11) is 0. The fourth-order valence-corrected chi connectivity index (χ4v) is 2.23. The van der Waals surface area contributed by atoms with Gasteiger partial charge in [-0.3, -0.25) is 4.79 Å². The van der Waals surface area contributed by atoms with E-state index in [2.05, 4.69) is 37.2 Å². The first-order valence-corrected chi connectivity index (χ1v) is 6.82. The van der Waals surface area contributed by atoms with E-state index in [1.807, 2.05) is 39.0 Å². The zero-order valence-electron chi connectivity index (χ0n) is 10.1. The topological polar surface area (TPSA) is 29.1 Å². The predicted molar refractivity (Wildman–Crippen MR) is 79.1 cm³/mol. The van der Waals surface area contributed by atoms with Gasteiger partial charge >= 0.3 is 0 Å². The molecule has 0 radical (unpaired) electrons. The van der Waals surface area contributed by atoms with Gasteiger partial charge in [0.2, 0.25) is 0 Å². The first-order chi connectivity index (χ1) is 7.80. The van der Waals surface area contributed by atoms with Crippen LogP contribution in [0.1, 0.15) is 20.8 Å². The summed E-state index contributed by atoms with van der Waals surface area (Å²) in [4.78, 5) is 11.6. The standard InChI is InChI=1S/C13H15Br2NO/c1-13(2,3)12(17)6-7-16-11-5-4-9(14)8-10(11)15/h4-8,16H,1-3H3. The largest absolute Gasteiger partial charge is 0.361 e. The Labute approximate surface area is 119 Å². The molecular weight excluding hydrogens is 346 g/mol. The number of hydrogen-bond donors (Lipinski definition) is 1. The quantitative estimate of drug-likeness (QED) is 0.788. The summed E-state index contributed by atoms with van der Waals surface area (Å²) in [5, 5.41) is 3.07. The Balaban J connectivity index is 2.68. The maximum absolute atomic E-state index is 11.6. The molecule has 0 amide bonds. The van der Waals surface area contributed by atoms with E-state index >= 15 is 0 Å². The smallest absolute Gasteiger partial charge is 0.162 e. The molecule has 0 aliphatic carbocycles. The van der Waals surface area contributed by atoms with Gasteiger partial charge < -0.3 is 5.32 Å². The van der Waals surface area contributed by atoms with Crippen molar-refractivity contribution < 1.29 is 4.79 Å². The highest BCUT2D eigenvalue weighted by atomic mass is 79.9. The van der Waals surface area contributed by atoms with Gasteiger partial charge in [0.15, 0.2) is 5.78 Å². The average molecular weight is 361 g/mol. The molecule has 92 valence electrons. The van der Waals surface area contributed by atoms with Crippen molar-refractivity contribution in [2.45, 2.75) is 20.8 Å². The second-order valence-corrected chi connectivity index (χ2v) is 6.49. The number of nitrogens with one attached hydrogen (secondary N) is 1. The number of carbonyl (C=O) groups is 1. The number of rotatable bonds is 3. The van der Waals surface area contributed by atoms with Gasteiger partial charge in [0, 0.05) is 20.6 Å². The third kappa shape index (κ3) is 4.64. The third-order valence-corrected chi connectivity index (χ3v) is 3.29. The molecule has 1 aromatic rings. The molecule has 0 bridgehead atoms. The number of benzene rings is 1. The monoisotopic (exact) mass is 359 g/mol. The van der Waals surface area contributed by atoms with Crippen LogP contribution in [0.25, 0.3) is 0 Å². The molecule has 0 heterocycles. The zero-order chi connectivity index (χ0) is 13.1. The lowest BCUT2D eigenvalue weighted by Crippen LogP contribution is -2.17. The van der Waals surface area contributed by atoms with Crippen molar-refractivity contribution in [3.8, 4) is 0 Å². The fraction of sp³-hybridized carbons (Fsp3) is 0.308. The number of hydrogen-bond acceptors (Lipinski definition) is 2. The summed E-state index contributed by atoms with van der Waals surface area (Å²) in [6.45, 7) is 5.69. The van der Waals surface area contributed by atoms with Crippen LogP contribution in [0.5, 0.6) is 0 Å². The van der Waals surface area contributed by atoms with Crippen molar-refractivity contribution in [1.29, 1.82) is 0 Å². The van der Waals surface area contributed by atoms with Crippen molar-refractivity contribution in [3.05, 3.63) is 39.4 Å². The van der Waals surface area contributed by atoms with Gasteiger partial charge in [0.1, 0.15) is 0 Å². The maximum atomic E-state index is 11.6. The predicted octanol–water partition coefficient (Wildman–Crippen LogP) is 4.75. The lowest BCUT2D eigenvalue weighted by molar-refractivity contribution is -0.121. The number of carbonyl (C=O) groups excluding carboxylic acids is 1. The van der Waals surface area contributed by atoms with Crippen LogP contribution in [0, 0.1) is 5.41 Å². The van der Waals surface area contributed by atoms with E-state index < -0.39 is 0 Å². The van der Waals surface area contributed by atoms with Gasteiger partial charge in [-0.15, -0.1) is 0 Å². The van der Waals surface area contributed by atoms with E-state index in [9.17, 15) is 4.79 Å². The highest BCUT2D eigenvalue weighted by Gasteiger charge is 2.17. The van der Waals surface area contributed by atoms with Crippen molar-refractivity contribution in [1.82, 2.24) is 0 Å². The molecule has 1 aromatic carbocycles. The van der Waals surface area contributed by atoms with Gasteiger partial charge in [-0.2, -0.15) is 0 Å². The van der Waals surface area contributed by atoms with Gasteiger partial charge in [0.05, 0.1) is 5.69 Å². The summed E-state index contributed by atoms with van der Waals surface area (Å²) in [6, 6.07) is 5.81. The SMILES string of the molecule is CC(C)(C)C(=O)C=CNc1ccc(Br)cc1Br. The zero-order valence-corrected chi connectivity index (χ0v) is 13.2. The molecule has 1 N–H and O–H groups in total. The Hall–Kier alpha value is -0.610. The van der Waals surface area contributed by atoms with Crippen molar-refractivity contribution in [2.75, 3.05) is 5.32 Å². The number of anilines is 1. The number of allylic oxidation sites excluding steroid dienone is 1. The second-order valence-electron chi connectivity index (χ2n) is 4.72. The molecule has 0 saturated carbocycles. The van der Waals surface area contributed by atoms with E-state index in [1.54, 1.807) is 12.3 Å². The molecule has 0 spiro atoms. The molecule has 0 unspecified atom stereocenters. The van der Waals surface area contributed by atoms with Crippen LogP contribution in [0.3, 0.4) is 0 Å². The summed E-state index contributed by atoms with van der Waals surface area (Å²) in [5.41, 5.74) is 0.584. The summed E-state index contributed by atoms with van der Waals surface area (Å²) in [5.74, 6) is 0.0956. The van der Waals surface area contributed by atoms with Crippen molar-refractivity contribution in [3.63, 3.8) is 0 Å². The van der Waals surface area contributed by atoms with Gasteiger partial charge in [-0.25, -0.2) is 0 Å². The Morgan fingerprint density at radius 3 is 2.47 bits per heavy atom. The molecule has 0 aromatic heterocycles. The lowest BCUT2D eigenvalue weighted by atomic mass is 9.91. The molecular formula is C13H15Br2NO. The molecule has 2 nitrogen and oxygen atoms in total. The maximum Gasteiger partial charge on any atom is 0.162 e. The van der Waals surface area contributed by atoms with E-state index in [0.29, 0.717) is 0 Å². The number of halogens is 2. The van der Waals surface area contributed by atoms with Crippen molar-refractivity contribution in [2.24, 2.45) is 5.41 Å². The molecule has 0 atom stereocenters. The second kappa shape index (κ2) is 5.83. The van der Waals surface area contributed by atoms with Crippen LogP contribution in [0.15, 0.2) is 39.4 Å². The molecule has 1 rings (SSSR count). The average Bonchev–Trinajstić information content (AvgIpc) is 2.19. The lowest BCUT2D eigenvalue weighted by Gasteiger charge is -2.13. The van der Waals surface area contributed by atoms with Crippen LogP contribution in [-0.2, 0) is 4.79 Å². The highest BCUT2D eigenvalue weighted by molar-refractivity contribution is 9.11. The molecule has 0 aliphatic rings. The van der Waals surface area contributed by atoms with Crippen LogP contribution in [0.4, 0.5) is 5.69 Å². The van der Waals surface area contributed by atoms with Gasteiger partial charge in [-0.05, 0) is 40.2 Å². The van der Waals surface area contributed by atoms with Gasteiger partial charge in [0.25, 0.3) is 0 Å². The highest BCUT2D eigenvalue weighted by Crippen LogP contribution is 2.26. The minimum atomic E-state index is -0.338. The fourth-order valence-electron chi connectivity index (χ4n) is 1.06. The first kappa shape index (κ1) is 14.5. The molecule has 0 saturated heterocycles. The normalized spacial score (nSPS) is 11.8. The first-order valence-electron chi connectivity index (χ1n) is 5.23. The van der Waals surface area contributed by atoms with E-state index in [0.717, 1.165) is 14.6 Å². The molecule has 0 fully saturated rings. The minimum absolute atomic E-state index is 0.0956. The Morgan fingerprint density at radius 1 is 1.29 bits per heavy atom. The van der Waals surface area contributed by atoms with E-state index in [1.165, 1.54) is 0 Å². The third-order valence-electron chi connectivity index (χ3n) is 2.14. The summed E-state index contributed by atoms with van der Waals surface area (Å²) >= 11 is 6.83. The minimum Gasteiger partial charge on any atom is -0.361 e. The molecule has 0 aliphatic heterocycles. The van der Waals surface area contributed by atoms with E-state index in [4.69, 9.17) is 0 Å². The van der Waals surface area contributed by atoms with Gasteiger partial charge in [-0.1, -0.05) is 36.7 Å². The molecule has 4 heteroatoms. The van der Waals surface area contributed by atoms with Crippen LogP contribution < -0.4 is 5.32 Å². The molecule has 17 heavy (non-hydrogen) atoms. The van der Waals surface area contributed by atoms with E-state index in [-0.39, 0.29) is 11.2 Å². The Bertz CT molecular complexity index is 447. The number of ketones is 1. The van der Waals surface area contributed by atoms with Crippen LogP contribution in [-0.4, -0.2) is 5.78 Å². The Morgan fingerprint density at radius 2 is 1.94 bits per heavy atom.